The number of β-lactam (4-membered cyclic amide) rings is 1. The molecule has 2 atom stereocenters. The Labute approximate surface area is 198 Å². The van der Waals surface area contributed by atoms with Crippen molar-refractivity contribution in [3.05, 3.63) is 23.4 Å². The zero-order valence-electron chi connectivity index (χ0n) is 17.2. The first-order valence-corrected chi connectivity index (χ1v) is 12.0. The lowest BCUT2D eigenvalue weighted by molar-refractivity contribution is -0.150. The Balaban J connectivity index is 1.49. The van der Waals surface area contributed by atoms with Gasteiger partial charge in [-0.05, 0) is 5.57 Å². The lowest BCUT2D eigenvalue weighted by Crippen LogP contribution is -2.71. The van der Waals surface area contributed by atoms with Gasteiger partial charge in [0, 0.05) is 30.1 Å². The number of nitrogens with two attached hydrogens (primary N) is 1. The van der Waals surface area contributed by atoms with E-state index in [4.69, 9.17) is 10.6 Å². The molecule has 174 valence electrons. The van der Waals surface area contributed by atoms with Crippen molar-refractivity contribution in [3.63, 3.8) is 0 Å². The zero-order chi connectivity index (χ0) is 23.7. The van der Waals surface area contributed by atoms with Crippen LogP contribution in [0.15, 0.2) is 27.9 Å². The van der Waals surface area contributed by atoms with Crippen molar-refractivity contribution in [3.8, 4) is 0 Å². The number of oxime groups is 1. The molecule has 17 heteroatoms. The normalized spacial score (nSPS) is 20.4. The monoisotopic (exact) mass is 511 g/mol. The van der Waals surface area contributed by atoms with Gasteiger partial charge in [-0.3, -0.25) is 14.5 Å². The van der Waals surface area contributed by atoms with Gasteiger partial charge in [-0.1, -0.05) is 16.9 Å². The van der Waals surface area contributed by atoms with Crippen LogP contribution in [0.4, 0.5) is 5.13 Å². The number of fused-ring (bicyclic) bond motifs is 1. The maximum Gasteiger partial charge on any atom is 0.352 e. The molecular weight excluding hydrogens is 494 g/mol. The first-order valence-electron chi connectivity index (χ1n) is 9.20. The van der Waals surface area contributed by atoms with Gasteiger partial charge in [0.15, 0.2) is 10.3 Å². The Morgan fingerprint density at radius 1 is 1.48 bits per heavy atom. The number of aromatic nitrogens is 5. The van der Waals surface area contributed by atoms with E-state index in [2.05, 4.69) is 30.0 Å². The molecule has 0 aromatic carbocycles. The maximum absolute atomic E-state index is 12.8. The predicted octanol–water partition coefficient (Wildman–Crippen LogP) is -0.870. The Hall–Kier alpha value is -3.18. The van der Waals surface area contributed by atoms with Gasteiger partial charge in [-0.25, -0.2) is 4.79 Å². The lowest BCUT2D eigenvalue weighted by Gasteiger charge is -2.49. The minimum Gasteiger partial charge on any atom is -0.477 e. The van der Waals surface area contributed by atoms with Crippen molar-refractivity contribution in [2.45, 2.75) is 16.6 Å². The molecule has 4 rings (SSSR count). The molecule has 1 saturated heterocycles. The van der Waals surface area contributed by atoms with Crippen molar-refractivity contribution in [2.24, 2.45) is 12.2 Å². The summed E-state index contributed by atoms with van der Waals surface area (Å²) in [6.45, 7) is 0. The van der Waals surface area contributed by atoms with Gasteiger partial charge in [0.1, 0.15) is 30.5 Å². The van der Waals surface area contributed by atoms with Crippen molar-refractivity contribution in [1.82, 2.24) is 34.3 Å². The molecule has 0 saturated carbocycles. The number of rotatable bonds is 8. The number of carboxylic acid groups (broad SMARTS) is 1. The fourth-order valence-corrected chi connectivity index (χ4v) is 5.97. The molecule has 0 spiro atoms. The van der Waals surface area contributed by atoms with Crippen LogP contribution < -0.4 is 11.1 Å². The Morgan fingerprint density at radius 3 is 2.88 bits per heavy atom. The fourth-order valence-electron chi connectivity index (χ4n) is 3.17. The van der Waals surface area contributed by atoms with Crippen LogP contribution in [0, 0.1) is 0 Å². The third-order valence-corrected chi connectivity index (χ3v) is 7.64. The number of carboxylic acids is 1. The second-order valence-electron chi connectivity index (χ2n) is 6.71. The van der Waals surface area contributed by atoms with Crippen molar-refractivity contribution >= 4 is 63.7 Å². The fraction of sp³-hybridized carbons (Fsp3) is 0.375. The summed E-state index contributed by atoms with van der Waals surface area (Å²) < 4.78 is 5.65. The highest BCUT2D eigenvalue weighted by Crippen LogP contribution is 2.41. The maximum atomic E-state index is 12.8. The first kappa shape index (κ1) is 23.0. The molecular formula is C16H17N9O5S3. The van der Waals surface area contributed by atoms with Crippen molar-refractivity contribution in [1.29, 1.82) is 0 Å². The van der Waals surface area contributed by atoms with Crippen LogP contribution in [-0.4, -0.2) is 87.7 Å². The summed E-state index contributed by atoms with van der Waals surface area (Å²) in [6.07, 6.45) is 1.54. The number of hydrogen-bond acceptors (Lipinski definition) is 13. The minimum atomic E-state index is -1.21. The smallest absolute Gasteiger partial charge is 0.352 e. The predicted molar refractivity (Wildman–Crippen MR) is 119 cm³/mol. The van der Waals surface area contributed by atoms with Gasteiger partial charge in [-0.15, -0.1) is 22.0 Å². The largest absolute Gasteiger partial charge is 0.477 e. The van der Waals surface area contributed by atoms with E-state index in [9.17, 15) is 19.5 Å². The number of nitrogens with one attached hydrogen (secondary N) is 1. The van der Waals surface area contributed by atoms with E-state index in [1.165, 1.54) is 35.5 Å². The van der Waals surface area contributed by atoms with Gasteiger partial charge in [0.2, 0.25) is 11.5 Å². The summed E-state index contributed by atoms with van der Waals surface area (Å²) in [5, 5.41) is 23.9. The van der Waals surface area contributed by atoms with E-state index in [0.29, 0.717) is 22.2 Å². The highest BCUT2D eigenvalue weighted by atomic mass is 32.2. The zero-order valence-corrected chi connectivity index (χ0v) is 19.6. The summed E-state index contributed by atoms with van der Waals surface area (Å²) >= 11 is 3.56. The SMILES string of the molecule is CON=C(C(=O)NC1C(=O)N2C(C(=O)O)=C(CSc3nncn3C)CS[C@H]12)c1nsc(N)n1. The molecule has 0 radical (unpaired) electrons. The molecule has 14 nitrogen and oxygen atoms in total. The number of carbonyl (C=O) groups is 3. The number of anilines is 1. The quantitative estimate of drug-likeness (QED) is 0.172. The number of aryl methyl sites for hydroxylation is 1. The summed E-state index contributed by atoms with van der Waals surface area (Å²) in [6, 6.07) is -0.942. The number of nitrogen functional groups attached to an aromatic ring is 1. The van der Waals surface area contributed by atoms with Gasteiger partial charge in [-0.2, -0.15) is 9.36 Å². The summed E-state index contributed by atoms with van der Waals surface area (Å²) in [4.78, 5) is 47.4. The number of hydrogen-bond donors (Lipinski definition) is 3. The molecule has 4 N–H and O–H groups in total. The Bertz CT molecular complexity index is 1180. The lowest BCUT2D eigenvalue weighted by atomic mass is 10.0. The van der Waals surface area contributed by atoms with Crippen LogP contribution in [0.2, 0.25) is 0 Å². The molecule has 2 aliphatic rings. The van der Waals surface area contributed by atoms with Gasteiger partial charge < -0.3 is 25.6 Å². The number of amides is 2. The molecule has 2 aromatic heterocycles. The van der Waals surface area contributed by atoms with E-state index in [1.54, 1.807) is 17.9 Å². The van der Waals surface area contributed by atoms with Gasteiger partial charge >= 0.3 is 5.97 Å². The highest BCUT2D eigenvalue weighted by molar-refractivity contribution is 8.01. The molecule has 2 amide bonds. The standard InChI is InChI=1S/C16H17N9O5S3/c1-24-5-18-21-16(24)32-4-6-3-31-13-8(12(27)25(13)9(6)14(28)29)19-11(26)7(22-30-2)10-20-15(17)33-23-10/h5,8,13H,3-4H2,1-2H3,(H,19,26)(H,28,29)(H2,17,20,23)/t8?,13-/m1/s1. The molecule has 33 heavy (non-hydrogen) atoms. The first-order chi connectivity index (χ1) is 15.8. The van der Waals surface area contributed by atoms with Crippen LogP contribution in [0.5, 0.6) is 0 Å². The number of nitrogens with zero attached hydrogens (tertiary/aromatic N) is 7. The molecule has 2 aromatic rings. The van der Waals surface area contributed by atoms with Crippen molar-refractivity contribution < 1.29 is 24.3 Å². The summed E-state index contributed by atoms with van der Waals surface area (Å²) in [5.74, 6) is -1.83. The second-order valence-corrected chi connectivity index (χ2v) is 9.54. The molecule has 0 bridgehead atoms. The molecule has 2 aliphatic heterocycles. The van der Waals surface area contributed by atoms with Crippen LogP contribution in [-0.2, 0) is 26.3 Å². The number of thioether (sulfide) groups is 2. The topological polar surface area (TPSA) is 191 Å². The average molecular weight is 512 g/mol. The van der Waals surface area contributed by atoms with E-state index >= 15 is 0 Å². The third-order valence-electron chi connectivity index (χ3n) is 4.63. The van der Waals surface area contributed by atoms with E-state index in [-0.39, 0.29) is 22.4 Å². The van der Waals surface area contributed by atoms with Gasteiger partial charge in [0.05, 0.1) is 0 Å². The Kier molecular flexibility index (Phi) is 6.52. The van der Waals surface area contributed by atoms with Crippen LogP contribution in [0.25, 0.3) is 0 Å². The van der Waals surface area contributed by atoms with Crippen LogP contribution in [0.3, 0.4) is 0 Å². The Morgan fingerprint density at radius 2 is 2.27 bits per heavy atom. The molecule has 1 fully saturated rings. The van der Waals surface area contributed by atoms with Gasteiger partial charge in [0.25, 0.3) is 11.8 Å². The average Bonchev–Trinajstić information content (AvgIpc) is 3.40. The molecule has 0 aliphatic carbocycles. The number of carbonyl (C=O) groups excluding carboxylic acids is 2. The van der Waals surface area contributed by atoms with E-state index in [0.717, 1.165) is 11.5 Å². The minimum absolute atomic E-state index is 0.0361. The molecule has 1 unspecified atom stereocenters. The second kappa shape index (κ2) is 9.36. The van der Waals surface area contributed by atoms with E-state index in [1.807, 2.05) is 0 Å². The highest BCUT2D eigenvalue weighted by Gasteiger charge is 2.54. The van der Waals surface area contributed by atoms with Crippen LogP contribution in [0.1, 0.15) is 5.82 Å². The van der Waals surface area contributed by atoms with E-state index < -0.39 is 29.2 Å². The molecule has 4 heterocycles. The number of aliphatic carboxylic acids is 1. The summed E-state index contributed by atoms with van der Waals surface area (Å²) in [5.41, 5.74) is 5.82. The van der Waals surface area contributed by atoms with Crippen LogP contribution >= 0.6 is 35.1 Å². The third kappa shape index (κ3) is 4.38. The van der Waals surface area contributed by atoms with Crippen molar-refractivity contribution in [2.75, 3.05) is 24.3 Å². The summed E-state index contributed by atoms with van der Waals surface area (Å²) in [7, 11) is 3.03.